The SMILES string of the molecule is Cc1c(F)cccc1[C@H](C(F)F)N1CCNCC1. The van der Waals surface area contributed by atoms with Crippen LogP contribution in [0.25, 0.3) is 0 Å². The Balaban J connectivity index is 2.31. The summed E-state index contributed by atoms with van der Waals surface area (Å²) in [5.41, 5.74) is 0.716. The maximum absolute atomic E-state index is 13.5. The predicted octanol–water partition coefficient (Wildman–Crippen LogP) is 2.35. The highest BCUT2D eigenvalue weighted by atomic mass is 19.3. The summed E-state index contributed by atoms with van der Waals surface area (Å²) < 4.78 is 40.1. The third-order valence-electron chi connectivity index (χ3n) is 3.41. The van der Waals surface area contributed by atoms with Crippen LogP contribution in [0.1, 0.15) is 17.2 Å². The second kappa shape index (κ2) is 5.71. The molecule has 1 saturated heterocycles. The zero-order valence-electron chi connectivity index (χ0n) is 10.3. The maximum atomic E-state index is 13.5. The second-order valence-corrected chi connectivity index (χ2v) is 4.52. The Morgan fingerprint density at radius 1 is 1.22 bits per heavy atom. The minimum atomic E-state index is -2.51. The van der Waals surface area contributed by atoms with Crippen molar-refractivity contribution in [1.82, 2.24) is 10.2 Å². The Labute approximate surface area is 105 Å². The van der Waals surface area contributed by atoms with Crippen molar-refractivity contribution in [3.8, 4) is 0 Å². The molecule has 1 atom stereocenters. The van der Waals surface area contributed by atoms with Crippen molar-refractivity contribution >= 4 is 0 Å². The van der Waals surface area contributed by atoms with Crippen LogP contribution in [0, 0.1) is 12.7 Å². The Hall–Kier alpha value is -1.07. The van der Waals surface area contributed by atoms with Crippen LogP contribution in [0.5, 0.6) is 0 Å². The van der Waals surface area contributed by atoms with Crippen LogP contribution in [-0.4, -0.2) is 37.5 Å². The largest absolute Gasteiger partial charge is 0.314 e. The molecule has 0 saturated carbocycles. The highest BCUT2D eigenvalue weighted by molar-refractivity contribution is 5.30. The van der Waals surface area contributed by atoms with E-state index in [2.05, 4.69) is 5.32 Å². The summed E-state index contributed by atoms with van der Waals surface area (Å²) in [5, 5.41) is 3.13. The minimum absolute atomic E-state index is 0.321. The Kier molecular flexibility index (Phi) is 4.24. The second-order valence-electron chi connectivity index (χ2n) is 4.52. The number of alkyl halides is 2. The quantitative estimate of drug-likeness (QED) is 0.895. The van der Waals surface area contributed by atoms with Gasteiger partial charge in [-0.15, -0.1) is 0 Å². The van der Waals surface area contributed by atoms with Gasteiger partial charge in [-0.25, -0.2) is 13.2 Å². The van der Waals surface area contributed by atoms with Crippen molar-refractivity contribution in [3.05, 3.63) is 35.1 Å². The molecule has 1 aliphatic heterocycles. The van der Waals surface area contributed by atoms with Crippen molar-refractivity contribution in [2.45, 2.75) is 19.4 Å². The zero-order chi connectivity index (χ0) is 13.1. The number of piperazine rings is 1. The van der Waals surface area contributed by atoms with E-state index in [1.807, 2.05) is 0 Å². The fourth-order valence-electron chi connectivity index (χ4n) is 2.40. The molecule has 0 unspecified atom stereocenters. The molecule has 0 aromatic heterocycles. The molecule has 0 spiro atoms. The number of benzene rings is 1. The molecule has 1 aliphatic rings. The average Bonchev–Trinajstić information content (AvgIpc) is 2.36. The van der Waals surface area contributed by atoms with E-state index in [0.717, 1.165) is 0 Å². The first kappa shape index (κ1) is 13.4. The first-order valence-electron chi connectivity index (χ1n) is 6.09. The van der Waals surface area contributed by atoms with Crippen molar-refractivity contribution in [1.29, 1.82) is 0 Å². The summed E-state index contributed by atoms with van der Waals surface area (Å²) in [6.07, 6.45) is -2.51. The van der Waals surface area contributed by atoms with E-state index in [1.165, 1.54) is 12.1 Å². The monoisotopic (exact) mass is 258 g/mol. The van der Waals surface area contributed by atoms with Crippen LogP contribution in [0.3, 0.4) is 0 Å². The van der Waals surface area contributed by atoms with Gasteiger partial charge in [0, 0.05) is 26.2 Å². The molecule has 1 N–H and O–H groups in total. The molecule has 2 nitrogen and oxygen atoms in total. The summed E-state index contributed by atoms with van der Waals surface area (Å²) in [6.45, 7) is 4.06. The third-order valence-corrected chi connectivity index (χ3v) is 3.41. The molecule has 100 valence electrons. The minimum Gasteiger partial charge on any atom is -0.314 e. The van der Waals surface area contributed by atoms with E-state index in [1.54, 1.807) is 17.9 Å². The van der Waals surface area contributed by atoms with E-state index in [-0.39, 0.29) is 0 Å². The summed E-state index contributed by atoms with van der Waals surface area (Å²) in [5.74, 6) is -0.423. The first-order chi connectivity index (χ1) is 8.61. The lowest BCUT2D eigenvalue weighted by Gasteiger charge is -2.35. The van der Waals surface area contributed by atoms with Crippen LogP contribution in [0.2, 0.25) is 0 Å². The molecule has 0 amide bonds. The number of nitrogens with zero attached hydrogens (tertiary/aromatic N) is 1. The van der Waals surface area contributed by atoms with Gasteiger partial charge in [0.05, 0.1) is 6.04 Å². The van der Waals surface area contributed by atoms with Gasteiger partial charge in [-0.1, -0.05) is 12.1 Å². The van der Waals surface area contributed by atoms with Crippen molar-refractivity contribution in [2.24, 2.45) is 0 Å². The van der Waals surface area contributed by atoms with E-state index in [0.29, 0.717) is 37.3 Å². The van der Waals surface area contributed by atoms with Crippen molar-refractivity contribution in [3.63, 3.8) is 0 Å². The van der Waals surface area contributed by atoms with Crippen LogP contribution in [0.15, 0.2) is 18.2 Å². The number of nitrogens with one attached hydrogen (secondary N) is 1. The number of rotatable bonds is 3. The normalized spacial score (nSPS) is 19.2. The van der Waals surface area contributed by atoms with Gasteiger partial charge in [0.15, 0.2) is 0 Å². The average molecular weight is 258 g/mol. The van der Waals surface area contributed by atoms with Gasteiger partial charge in [0.2, 0.25) is 0 Å². The van der Waals surface area contributed by atoms with Crippen LogP contribution in [0.4, 0.5) is 13.2 Å². The molecular weight excluding hydrogens is 241 g/mol. The fourth-order valence-corrected chi connectivity index (χ4v) is 2.40. The summed E-state index contributed by atoms with van der Waals surface area (Å²) in [7, 11) is 0. The Morgan fingerprint density at radius 3 is 2.50 bits per heavy atom. The van der Waals surface area contributed by atoms with Gasteiger partial charge in [-0.05, 0) is 24.1 Å². The zero-order valence-corrected chi connectivity index (χ0v) is 10.3. The van der Waals surface area contributed by atoms with E-state index < -0.39 is 18.3 Å². The lowest BCUT2D eigenvalue weighted by molar-refractivity contribution is 0.0177. The molecule has 1 aromatic carbocycles. The van der Waals surface area contributed by atoms with Crippen LogP contribution in [-0.2, 0) is 0 Å². The molecule has 1 fully saturated rings. The molecule has 1 heterocycles. The summed E-state index contributed by atoms with van der Waals surface area (Å²) >= 11 is 0. The molecule has 2 rings (SSSR count). The van der Waals surface area contributed by atoms with Crippen LogP contribution >= 0.6 is 0 Å². The highest BCUT2D eigenvalue weighted by Crippen LogP contribution is 2.30. The van der Waals surface area contributed by atoms with Gasteiger partial charge >= 0.3 is 0 Å². The molecule has 0 bridgehead atoms. The molecule has 0 radical (unpaired) electrons. The molecule has 0 aliphatic carbocycles. The first-order valence-corrected chi connectivity index (χ1v) is 6.09. The van der Waals surface area contributed by atoms with Gasteiger partial charge in [0.25, 0.3) is 6.43 Å². The van der Waals surface area contributed by atoms with Gasteiger partial charge < -0.3 is 5.32 Å². The smallest absolute Gasteiger partial charge is 0.258 e. The lowest BCUT2D eigenvalue weighted by atomic mass is 9.99. The maximum Gasteiger partial charge on any atom is 0.258 e. The standard InChI is InChI=1S/C13H17F3N2/c1-9-10(3-2-4-11(9)14)12(13(15)16)18-7-5-17-6-8-18/h2-4,12-13,17H,5-8H2,1H3/t12-/m1/s1. The van der Waals surface area contributed by atoms with Crippen molar-refractivity contribution < 1.29 is 13.2 Å². The fraction of sp³-hybridized carbons (Fsp3) is 0.538. The van der Waals surface area contributed by atoms with Gasteiger partial charge in [-0.2, -0.15) is 0 Å². The van der Waals surface area contributed by atoms with Gasteiger partial charge in [0.1, 0.15) is 5.82 Å². The third kappa shape index (κ3) is 2.67. The van der Waals surface area contributed by atoms with Crippen LogP contribution < -0.4 is 5.32 Å². The van der Waals surface area contributed by atoms with E-state index in [9.17, 15) is 13.2 Å². The Bertz CT molecular complexity index is 403. The van der Waals surface area contributed by atoms with E-state index in [4.69, 9.17) is 0 Å². The predicted molar refractivity (Wildman–Crippen MR) is 64.3 cm³/mol. The molecular formula is C13H17F3N2. The molecule has 5 heteroatoms. The number of halogens is 3. The molecule has 18 heavy (non-hydrogen) atoms. The number of hydrogen-bond acceptors (Lipinski definition) is 2. The van der Waals surface area contributed by atoms with Gasteiger partial charge in [-0.3, -0.25) is 4.90 Å². The topological polar surface area (TPSA) is 15.3 Å². The summed E-state index contributed by atoms with van der Waals surface area (Å²) in [6, 6.07) is 3.38. The number of hydrogen-bond donors (Lipinski definition) is 1. The Morgan fingerprint density at radius 2 is 1.89 bits per heavy atom. The highest BCUT2D eigenvalue weighted by Gasteiger charge is 2.31. The summed E-state index contributed by atoms with van der Waals surface area (Å²) in [4.78, 5) is 1.73. The van der Waals surface area contributed by atoms with Crippen molar-refractivity contribution in [2.75, 3.05) is 26.2 Å². The lowest BCUT2D eigenvalue weighted by Crippen LogP contribution is -2.47. The van der Waals surface area contributed by atoms with E-state index >= 15 is 0 Å². The molecule has 1 aromatic rings.